The Bertz CT molecular complexity index is 1290. The van der Waals surface area contributed by atoms with E-state index in [0.717, 1.165) is 17.3 Å². The molecule has 1 N–H and O–H groups in total. The number of thioether (sulfide) groups is 1. The number of hydrogen-bond acceptors (Lipinski definition) is 6. The summed E-state index contributed by atoms with van der Waals surface area (Å²) >= 11 is 1.01. The van der Waals surface area contributed by atoms with Gasteiger partial charge < -0.3 is 14.4 Å². The second-order valence-electron chi connectivity index (χ2n) is 7.54. The van der Waals surface area contributed by atoms with Crippen LogP contribution in [0.2, 0.25) is 0 Å². The van der Waals surface area contributed by atoms with Crippen LogP contribution in [-0.2, 0) is 10.1 Å². The number of nitrogens with zero attached hydrogens (tertiary/aromatic N) is 1. The Morgan fingerprint density at radius 3 is 2.27 bits per heavy atom. The van der Waals surface area contributed by atoms with Gasteiger partial charge in [-0.15, -0.1) is 0 Å². The molecule has 0 heterocycles. The van der Waals surface area contributed by atoms with Crippen LogP contribution in [0.25, 0.3) is 0 Å². The number of amides is 2. The van der Waals surface area contributed by atoms with E-state index < -0.39 is 16.0 Å². The lowest BCUT2D eigenvalue weighted by atomic mass is 10.2. The highest BCUT2D eigenvalue weighted by Gasteiger charge is 2.20. The summed E-state index contributed by atoms with van der Waals surface area (Å²) in [6.07, 6.45) is 0. The van der Waals surface area contributed by atoms with Crippen LogP contribution in [0.5, 0.6) is 5.75 Å². The van der Waals surface area contributed by atoms with Crippen LogP contribution >= 0.6 is 11.8 Å². The number of rotatable bonds is 6. The lowest BCUT2D eigenvalue weighted by molar-refractivity contribution is 0.102. The van der Waals surface area contributed by atoms with Crippen LogP contribution in [0.3, 0.4) is 0 Å². The molecule has 0 aliphatic rings. The number of benzene rings is 3. The van der Waals surface area contributed by atoms with Gasteiger partial charge in [0.15, 0.2) is 0 Å². The quantitative estimate of drug-likeness (QED) is 0.387. The van der Waals surface area contributed by atoms with Gasteiger partial charge in [-0.25, -0.2) is 0 Å². The highest BCUT2D eigenvalue weighted by atomic mass is 32.2. The van der Waals surface area contributed by atoms with E-state index in [1.807, 2.05) is 6.07 Å². The molecule has 0 fully saturated rings. The summed E-state index contributed by atoms with van der Waals surface area (Å²) in [6.45, 7) is 3.50. The van der Waals surface area contributed by atoms with Crippen molar-refractivity contribution in [1.29, 1.82) is 0 Å². The van der Waals surface area contributed by atoms with Crippen LogP contribution < -0.4 is 9.50 Å². The standard InChI is InChI=1S/C24H24N2O5S2/c1-16-9-10-17(2)22(15-16)33(29,30)31-19-13-11-18(12-14-19)23(27)25-20-7-5-6-8-21(20)32-24(28)26(3)4/h5-15H,1-4H3,(H,25,27). The molecule has 0 unspecified atom stereocenters. The molecule has 0 atom stereocenters. The molecule has 0 saturated carbocycles. The van der Waals surface area contributed by atoms with Crippen LogP contribution in [0, 0.1) is 13.8 Å². The number of carbonyl (C=O) groups is 2. The van der Waals surface area contributed by atoms with E-state index >= 15 is 0 Å². The van der Waals surface area contributed by atoms with Crippen molar-refractivity contribution in [3.63, 3.8) is 0 Å². The smallest absolute Gasteiger partial charge is 0.339 e. The Hall–Kier alpha value is -3.30. The average molecular weight is 485 g/mol. The minimum atomic E-state index is -4.01. The van der Waals surface area contributed by atoms with Crippen molar-refractivity contribution in [1.82, 2.24) is 4.90 Å². The van der Waals surface area contributed by atoms with E-state index in [0.29, 0.717) is 21.7 Å². The third kappa shape index (κ3) is 6.15. The highest BCUT2D eigenvalue weighted by molar-refractivity contribution is 8.13. The molecule has 0 aromatic heterocycles. The lowest BCUT2D eigenvalue weighted by Gasteiger charge is -2.13. The molecule has 0 bridgehead atoms. The van der Waals surface area contributed by atoms with Gasteiger partial charge in [0.1, 0.15) is 10.6 Å². The van der Waals surface area contributed by atoms with Crippen molar-refractivity contribution in [2.24, 2.45) is 0 Å². The van der Waals surface area contributed by atoms with Crippen LogP contribution in [0.1, 0.15) is 21.5 Å². The van der Waals surface area contributed by atoms with E-state index in [1.165, 1.54) is 29.2 Å². The molecule has 33 heavy (non-hydrogen) atoms. The van der Waals surface area contributed by atoms with E-state index in [1.54, 1.807) is 64.3 Å². The molecule has 0 spiro atoms. The molecule has 0 aliphatic heterocycles. The molecule has 0 saturated heterocycles. The Labute approximate surface area is 197 Å². The van der Waals surface area contributed by atoms with E-state index in [2.05, 4.69) is 5.32 Å². The van der Waals surface area contributed by atoms with Crippen molar-refractivity contribution in [3.05, 3.63) is 83.4 Å². The first kappa shape index (κ1) is 24.3. The van der Waals surface area contributed by atoms with Crippen molar-refractivity contribution < 1.29 is 22.2 Å². The normalized spacial score (nSPS) is 11.0. The molecule has 7 nitrogen and oxygen atoms in total. The summed E-state index contributed by atoms with van der Waals surface area (Å²) < 4.78 is 30.6. The number of para-hydroxylation sites is 1. The molecule has 3 rings (SSSR count). The Kier molecular flexibility index (Phi) is 7.45. The molecule has 0 aliphatic carbocycles. The second kappa shape index (κ2) is 10.1. The molecular weight excluding hydrogens is 460 g/mol. The van der Waals surface area contributed by atoms with Gasteiger partial charge in [-0.05, 0) is 79.2 Å². The predicted molar refractivity (Wildman–Crippen MR) is 130 cm³/mol. The summed E-state index contributed by atoms with van der Waals surface area (Å²) in [5.74, 6) is -0.302. The minimum Gasteiger partial charge on any atom is -0.379 e. The molecule has 2 amide bonds. The molecule has 0 radical (unpaired) electrons. The molecule has 3 aromatic carbocycles. The monoisotopic (exact) mass is 484 g/mol. The first-order chi connectivity index (χ1) is 15.6. The molecule has 3 aromatic rings. The van der Waals surface area contributed by atoms with Gasteiger partial charge in [0.2, 0.25) is 0 Å². The third-order valence-corrected chi connectivity index (χ3v) is 7.14. The second-order valence-corrected chi connectivity index (χ2v) is 10.1. The van der Waals surface area contributed by atoms with Gasteiger partial charge >= 0.3 is 10.1 Å². The number of nitrogens with one attached hydrogen (secondary N) is 1. The zero-order valence-corrected chi connectivity index (χ0v) is 20.3. The summed E-state index contributed by atoms with van der Waals surface area (Å²) in [5, 5.41) is 2.63. The fraction of sp³-hybridized carbons (Fsp3) is 0.167. The maximum Gasteiger partial charge on any atom is 0.339 e. The first-order valence-electron chi connectivity index (χ1n) is 9.98. The van der Waals surface area contributed by atoms with Crippen molar-refractivity contribution in [2.45, 2.75) is 23.6 Å². The number of aryl methyl sites for hydroxylation is 2. The van der Waals surface area contributed by atoms with Gasteiger partial charge in [0, 0.05) is 24.6 Å². The van der Waals surface area contributed by atoms with Crippen LogP contribution in [0.4, 0.5) is 10.5 Å². The lowest BCUT2D eigenvalue weighted by Crippen LogP contribution is -2.17. The summed E-state index contributed by atoms with van der Waals surface area (Å²) in [7, 11) is -0.705. The third-order valence-electron chi connectivity index (χ3n) is 4.63. The molecular formula is C24H24N2O5S2. The fourth-order valence-corrected chi connectivity index (χ4v) is 4.84. The topological polar surface area (TPSA) is 92.8 Å². The molecule has 9 heteroatoms. The minimum absolute atomic E-state index is 0.0972. The van der Waals surface area contributed by atoms with Crippen molar-refractivity contribution >= 4 is 38.7 Å². The van der Waals surface area contributed by atoms with E-state index in [4.69, 9.17) is 4.18 Å². The fourth-order valence-electron chi connectivity index (χ4n) is 2.85. The Morgan fingerprint density at radius 2 is 1.61 bits per heavy atom. The Balaban J connectivity index is 1.74. The summed E-state index contributed by atoms with van der Waals surface area (Å²) in [4.78, 5) is 26.9. The Morgan fingerprint density at radius 1 is 0.939 bits per heavy atom. The predicted octanol–water partition coefficient (Wildman–Crippen LogP) is 5.10. The zero-order valence-electron chi connectivity index (χ0n) is 18.7. The van der Waals surface area contributed by atoms with Gasteiger partial charge in [0.05, 0.1) is 5.69 Å². The van der Waals surface area contributed by atoms with Crippen molar-refractivity contribution in [2.75, 3.05) is 19.4 Å². The first-order valence-corrected chi connectivity index (χ1v) is 12.2. The van der Waals surface area contributed by atoms with Gasteiger partial charge in [-0.1, -0.05) is 24.3 Å². The van der Waals surface area contributed by atoms with Crippen LogP contribution in [0.15, 0.2) is 76.5 Å². The number of anilines is 1. The van der Waals surface area contributed by atoms with Gasteiger partial charge in [0.25, 0.3) is 11.1 Å². The van der Waals surface area contributed by atoms with Crippen LogP contribution in [-0.4, -0.2) is 38.6 Å². The summed E-state index contributed by atoms with van der Waals surface area (Å²) in [6, 6.07) is 17.9. The number of carbonyl (C=O) groups excluding carboxylic acids is 2. The summed E-state index contributed by atoms with van der Waals surface area (Å²) in [5.41, 5.74) is 2.20. The van der Waals surface area contributed by atoms with E-state index in [9.17, 15) is 18.0 Å². The SMILES string of the molecule is Cc1ccc(C)c(S(=O)(=O)Oc2ccc(C(=O)Nc3ccccc3SC(=O)N(C)C)cc2)c1. The van der Waals surface area contributed by atoms with Gasteiger partial charge in [-0.3, -0.25) is 9.59 Å². The largest absolute Gasteiger partial charge is 0.379 e. The maximum absolute atomic E-state index is 12.7. The maximum atomic E-state index is 12.7. The molecule has 172 valence electrons. The van der Waals surface area contributed by atoms with Gasteiger partial charge in [-0.2, -0.15) is 8.42 Å². The zero-order chi connectivity index (χ0) is 24.2. The number of hydrogen-bond donors (Lipinski definition) is 1. The van der Waals surface area contributed by atoms with Crippen molar-refractivity contribution in [3.8, 4) is 5.75 Å². The average Bonchev–Trinajstić information content (AvgIpc) is 2.76. The highest BCUT2D eigenvalue weighted by Crippen LogP contribution is 2.29. The van der Waals surface area contributed by atoms with E-state index in [-0.39, 0.29) is 15.9 Å².